The van der Waals surface area contributed by atoms with Crippen LogP contribution in [0.2, 0.25) is 0 Å². The van der Waals surface area contributed by atoms with Gasteiger partial charge in [-0.2, -0.15) is 17.5 Å². The van der Waals surface area contributed by atoms with Crippen LogP contribution in [0.25, 0.3) is 11.3 Å². The SMILES string of the molecule is C#C.C[C@H]1CC[C@@H](C(=O)NCc2cc(-c3cnc(C(F)(F)F)nc3)nc(C3CC3)c2C(F)F)N1S(=O)(=O)c1ccc(F)cc1. The molecule has 2 atom stereocenters. The van der Waals surface area contributed by atoms with Crippen LogP contribution in [0.4, 0.5) is 26.3 Å². The second-order valence-corrected chi connectivity index (χ2v) is 12.1. The maximum atomic E-state index is 14.3. The largest absolute Gasteiger partial charge is 0.451 e. The van der Waals surface area contributed by atoms with Gasteiger partial charge in [-0.05, 0) is 68.5 Å². The molecule has 44 heavy (non-hydrogen) atoms. The first-order valence-electron chi connectivity index (χ1n) is 13.4. The third-order valence-electron chi connectivity index (χ3n) is 7.30. The summed E-state index contributed by atoms with van der Waals surface area (Å²) < 4.78 is 108. The molecule has 1 aromatic carbocycles. The normalized spacial score (nSPS) is 19.0. The Morgan fingerprint density at radius 2 is 1.68 bits per heavy atom. The Kier molecular flexibility index (Phi) is 9.65. The minimum absolute atomic E-state index is 0.0101. The number of benzene rings is 1. The number of rotatable bonds is 8. The maximum Gasteiger partial charge on any atom is 0.451 e. The van der Waals surface area contributed by atoms with Crippen LogP contribution in [0.5, 0.6) is 0 Å². The smallest absolute Gasteiger partial charge is 0.351 e. The van der Waals surface area contributed by atoms with E-state index in [2.05, 4.69) is 33.1 Å². The topological polar surface area (TPSA) is 105 Å². The minimum Gasteiger partial charge on any atom is -0.351 e. The summed E-state index contributed by atoms with van der Waals surface area (Å²) in [6.45, 7) is 1.22. The van der Waals surface area contributed by atoms with Gasteiger partial charge in [0.25, 0.3) is 6.43 Å². The van der Waals surface area contributed by atoms with Crippen molar-refractivity contribution in [2.45, 2.75) is 74.7 Å². The van der Waals surface area contributed by atoms with Gasteiger partial charge in [0.1, 0.15) is 11.9 Å². The first-order chi connectivity index (χ1) is 20.8. The molecule has 1 saturated carbocycles. The first-order valence-corrected chi connectivity index (χ1v) is 14.8. The van der Waals surface area contributed by atoms with Crippen molar-refractivity contribution in [3.05, 3.63) is 71.2 Å². The molecule has 15 heteroatoms. The van der Waals surface area contributed by atoms with Gasteiger partial charge in [-0.15, -0.1) is 12.8 Å². The van der Waals surface area contributed by atoms with Crippen LogP contribution >= 0.6 is 0 Å². The van der Waals surface area contributed by atoms with Gasteiger partial charge in [-0.3, -0.25) is 9.78 Å². The van der Waals surface area contributed by atoms with E-state index in [0.717, 1.165) is 41.0 Å². The molecular weight excluding hydrogens is 612 g/mol. The number of hydrogen-bond acceptors (Lipinski definition) is 6. The van der Waals surface area contributed by atoms with Gasteiger partial charge in [0.15, 0.2) is 0 Å². The zero-order valence-electron chi connectivity index (χ0n) is 23.2. The molecule has 0 radical (unpaired) electrons. The molecule has 3 aromatic rings. The fourth-order valence-corrected chi connectivity index (χ4v) is 6.93. The maximum absolute atomic E-state index is 14.3. The van der Waals surface area contributed by atoms with Crippen molar-refractivity contribution in [3.8, 4) is 24.1 Å². The first kappa shape index (κ1) is 32.9. The van der Waals surface area contributed by atoms with Crippen molar-refractivity contribution < 1.29 is 39.6 Å². The van der Waals surface area contributed by atoms with E-state index < -0.39 is 58.8 Å². The van der Waals surface area contributed by atoms with Crippen LogP contribution in [0.3, 0.4) is 0 Å². The average molecular weight is 640 g/mol. The molecule has 1 aliphatic carbocycles. The molecule has 2 fully saturated rings. The van der Waals surface area contributed by atoms with Gasteiger partial charge in [0, 0.05) is 42.0 Å². The van der Waals surface area contributed by atoms with Crippen LogP contribution in [0.1, 0.15) is 67.6 Å². The Hall–Kier alpha value is -4.03. The lowest BCUT2D eigenvalue weighted by atomic mass is 10.0. The standard InChI is InChI=1S/C27H25F6N5O3S.C2H2/c1-14-2-9-21(38(14)42(40,41)19-7-5-18(28)6-8-19)25(39)34-11-16-10-20(17-12-35-26(36-13-17)27(31,32)33)37-23(15-3-4-15)22(16)24(29)30;1-2/h5-8,10,12-15,21,24H,2-4,9,11H2,1H3,(H,34,39);1-2H/t14-,21-;/m0./s1. The zero-order chi connectivity index (χ0) is 32.4. The fraction of sp³-hybridized carbons (Fsp3) is 0.379. The summed E-state index contributed by atoms with van der Waals surface area (Å²) in [5, 5.41) is 2.57. The van der Waals surface area contributed by atoms with E-state index in [4.69, 9.17) is 0 Å². The van der Waals surface area contributed by atoms with Gasteiger partial charge in [-0.25, -0.2) is 31.6 Å². The summed E-state index contributed by atoms with van der Waals surface area (Å²) in [4.78, 5) is 24.1. The number of carbonyl (C=O) groups excluding carboxylic acids is 1. The summed E-state index contributed by atoms with van der Waals surface area (Å²) in [5.41, 5.74) is -0.176. The van der Waals surface area contributed by atoms with Crippen LogP contribution in [-0.4, -0.2) is 45.7 Å². The monoisotopic (exact) mass is 639 g/mol. The molecular formula is C29H27F6N5O3S. The van der Waals surface area contributed by atoms with Gasteiger partial charge in [0.2, 0.25) is 21.8 Å². The lowest BCUT2D eigenvalue weighted by Gasteiger charge is -2.27. The lowest BCUT2D eigenvalue weighted by molar-refractivity contribution is -0.145. The highest BCUT2D eigenvalue weighted by Crippen LogP contribution is 2.45. The molecule has 0 unspecified atom stereocenters. The highest BCUT2D eigenvalue weighted by Gasteiger charge is 2.44. The predicted octanol–water partition coefficient (Wildman–Crippen LogP) is 5.62. The predicted molar refractivity (Wildman–Crippen MR) is 147 cm³/mol. The van der Waals surface area contributed by atoms with Crippen LogP contribution in [0, 0.1) is 18.7 Å². The van der Waals surface area contributed by atoms with Crippen molar-refractivity contribution in [1.82, 2.24) is 24.6 Å². The van der Waals surface area contributed by atoms with Crippen molar-refractivity contribution in [2.24, 2.45) is 0 Å². The van der Waals surface area contributed by atoms with Gasteiger partial charge in [0.05, 0.1) is 16.3 Å². The van der Waals surface area contributed by atoms with E-state index in [1.807, 2.05) is 0 Å². The number of nitrogens with zero attached hydrogens (tertiary/aromatic N) is 4. The molecule has 8 nitrogen and oxygen atoms in total. The molecule has 1 saturated heterocycles. The molecule has 5 rings (SSSR count). The number of sulfonamides is 1. The summed E-state index contributed by atoms with van der Waals surface area (Å²) in [5.74, 6) is -2.98. The van der Waals surface area contributed by atoms with Crippen LogP contribution in [0.15, 0.2) is 47.6 Å². The van der Waals surface area contributed by atoms with Crippen LogP contribution < -0.4 is 5.32 Å². The molecule has 1 aliphatic heterocycles. The number of hydrogen-bond donors (Lipinski definition) is 1. The van der Waals surface area contributed by atoms with Crippen molar-refractivity contribution in [1.29, 1.82) is 0 Å². The second kappa shape index (κ2) is 12.9. The van der Waals surface area contributed by atoms with Gasteiger partial charge >= 0.3 is 6.18 Å². The molecule has 234 valence electrons. The Balaban J connectivity index is 0.00000216. The van der Waals surface area contributed by atoms with E-state index in [1.54, 1.807) is 6.92 Å². The van der Waals surface area contributed by atoms with Gasteiger partial charge < -0.3 is 5.32 Å². The summed E-state index contributed by atoms with van der Waals surface area (Å²) >= 11 is 0. The summed E-state index contributed by atoms with van der Waals surface area (Å²) in [6, 6.07) is 3.73. The lowest BCUT2D eigenvalue weighted by Crippen LogP contribution is -2.48. The van der Waals surface area contributed by atoms with Gasteiger partial charge in [-0.1, -0.05) is 0 Å². The zero-order valence-corrected chi connectivity index (χ0v) is 24.0. The molecule has 3 heterocycles. The number of alkyl halides is 5. The molecule has 2 aromatic heterocycles. The molecule has 2 aliphatic rings. The number of nitrogens with one attached hydrogen (secondary N) is 1. The molecule has 0 bridgehead atoms. The Morgan fingerprint density at radius 1 is 1.07 bits per heavy atom. The highest BCUT2D eigenvalue weighted by molar-refractivity contribution is 7.89. The number of halogens is 6. The molecule has 0 spiro atoms. The number of aromatic nitrogens is 3. The Morgan fingerprint density at radius 3 is 2.23 bits per heavy atom. The molecule has 1 N–H and O–H groups in total. The number of amides is 1. The quantitative estimate of drug-likeness (QED) is 0.254. The third-order valence-corrected chi connectivity index (χ3v) is 9.34. The van der Waals surface area contributed by atoms with Crippen molar-refractivity contribution in [2.75, 3.05) is 0 Å². The molecule has 1 amide bonds. The van der Waals surface area contributed by atoms with E-state index in [1.165, 1.54) is 6.07 Å². The van der Waals surface area contributed by atoms with Crippen LogP contribution in [-0.2, 0) is 27.5 Å². The second-order valence-electron chi connectivity index (χ2n) is 10.3. The van der Waals surface area contributed by atoms with E-state index >= 15 is 0 Å². The highest BCUT2D eigenvalue weighted by atomic mass is 32.2. The van der Waals surface area contributed by atoms with E-state index in [0.29, 0.717) is 19.3 Å². The van der Waals surface area contributed by atoms with Crippen molar-refractivity contribution >= 4 is 15.9 Å². The number of carbonyl (C=O) groups is 1. The fourth-order valence-electron chi connectivity index (χ4n) is 5.09. The Labute approximate surface area is 250 Å². The van der Waals surface area contributed by atoms with E-state index in [-0.39, 0.29) is 45.3 Å². The Bertz CT molecular complexity index is 1630. The number of pyridine rings is 1. The summed E-state index contributed by atoms with van der Waals surface area (Å²) in [6.07, 6.45) is 3.81. The van der Waals surface area contributed by atoms with Crippen molar-refractivity contribution in [3.63, 3.8) is 0 Å². The number of terminal acetylenes is 1. The third kappa shape index (κ3) is 6.86. The summed E-state index contributed by atoms with van der Waals surface area (Å²) in [7, 11) is -4.19. The average Bonchev–Trinajstić information content (AvgIpc) is 3.76. The van der Waals surface area contributed by atoms with E-state index in [9.17, 15) is 39.6 Å². The minimum atomic E-state index is -4.77.